The van der Waals surface area contributed by atoms with Crippen LogP contribution in [0.4, 0.5) is 0 Å². The fourth-order valence-corrected chi connectivity index (χ4v) is 0.826. The minimum atomic E-state index is 0.334. The van der Waals surface area contributed by atoms with E-state index in [0.29, 0.717) is 17.3 Å². The van der Waals surface area contributed by atoms with Crippen LogP contribution in [0.15, 0.2) is 12.0 Å². The van der Waals surface area contributed by atoms with Gasteiger partial charge in [0.05, 0.1) is 5.88 Å². The second-order valence-corrected chi connectivity index (χ2v) is 2.44. The summed E-state index contributed by atoms with van der Waals surface area (Å²) >= 11 is 6.81. The molecule has 0 aromatic carbocycles. The first-order chi connectivity index (χ1) is 3.81. The number of thioether (sulfide) groups is 1. The molecule has 0 radical (unpaired) electrons. The molecule has 0 fully saturated rings. The van der Waals surface area contributed by atoms with Crippen LogP contribution < -0.4 is 0 Å². The van der Waals surface area contributed by atoms with E-state index in [9.17, 15) is 0 Å². The molecule has 0 heterocycles. The Morgan fingerprint density at radius 3 is 2.88 bits per heavy atom. The van der Waals surface area contributed by atoms with E-state index in [1.165, 1.54) is 11.8 Å². The quantitative estimate of drug-likeness (QED) is 0.481. The van der Waals surface area contributed by atoms with Gasteiger partial charge in [0.1, 0.15) is 0 Å². The van der Waals surface area contributed by atoms with Gasteiger partial charge in [-0.2, -0.15) is 0 Å². The number of halogens is 1. The first kappa shape index (κ1) is 8.05. The first-order valence-electron chi connectivity index (χ1n) is 2.16. The van der Waals surface area contributed by atoms with Gasteiger partial charge in [-0.3, -0.25) is 0 Å². The molecule has 0 saturated carbocycles. The Morgan fingerprint density at radius 1 is 1.88 bits per heavy atom. The van der Waals surface area contributed by atoms with Gasteiger partial charge in [0.2, 0.25) is 0 Å². The monoisotopic (exact) mass is 149 g/mol. The summed E-state index contributed by atoms with van der Waals surface area (Å²) in [5, 5.41) is 8.75. The van der Waals surface area contributed by atoms with E-state index in [1.807, 2.05) is 0 Å². The maximum absolute atomic E-state index is 7.04. The van der Waals surface area contributed by atoms with Crippen molar-refractivity contribution in [3.8, 4) is 0 Å². The lowest BCUT2D eigenvalue weighted by Gasteiger charge is -1.91. The Balaban J connectivity index is 3.11. The predicted octanol–water partition coefficient (Wildman–Crippen LogP) is 2.12. The standard InChI is InChI=1S/C5H8ClNS/c1-2-8-4-5(7)3-6/h2,7H,1,3-4H2. The summed E-state index contributed by atoms with van der Waals surface area (Å²) in [4.78, 5) is 0. The maximum Gasteiger partial charge on any atom is 0.0609 e. The van der Waals surface area contributed by atoms with E-state index in [4.69, 9.17) is 17.0 Å². The molecule has 0 bridgehead atoms. The van der Waals surface area contributed by atoms with Gasteiger partial charge >= 0.3 is 0 Å². The van der Waals surface area contributed by atoms with Crippen molar-refractivity contribution in [3.05, 3.63) is 12.0 Å². The third-order valence-electron chi connectivity index (χ3n) is 0.537. The van der Waals surface area contributed by atoms with Crippen LogP contribution in [0, 0.1) is 5.41 Å². The average Bonchev–Trinajstić information content (AvgIpc) is 1.83. The highest BCUT2D eigenvalue weighted by atomic mass is 35.5. The third-order valence-corrected chi connectivity index (χ3v) is 1.61. The molecule has 0 saturated heterocycles. The molecule has 3 heteroatoms. The predicted molar refractivity (Wildman–Crippen MR) is 41.1 cm³/mol. The molecule has 8 heavy (non-hydrogen) atoms. The van der Waals surface area contributed by atoms with Crippen molar-refractivity contribution in [3.63, 3.8) is 0 Å². The summed E-state index contributed by atoms with van der Waals surface area (Å²) in [5.41, 5.74) is 0.552. The van der Waals surface area contributed by atoms with Gasteiger partial charge in [0, 0.05) is 11.5 Å². The third kappa shape index (κ3) is 4.22. The van der Waals surface area contributed by atoms with E-state index >= 15 is 0 Å². The van der Waals surface area contributed by atoms with Crippen LogP contribution in [0.3, 0.4) is 0 Å². The summed E-state index contributed by atoms with van der Waals surface area (Å²) in [6.07, 6.45) is 0. The molecule has 46 valence electrons. The lowest BCUT2D eigenvalue weighted by Crippen LogP contribution is -1.99. The minimum Gasteiger partial charge on any atom is -0.308 e. The summed E-state index contributed by atoms with van der Waals surface area (Å²) in [5.74, 6) is 1.01. The van der Waals surface area contributed by atoms with Gasteiger partial charge in [-0.25, -0.2) is 0 Å². The van der Waals surface area contributed by atoms with E-state index in [-0.39, 0.29) is 0 Å². The van der Waals surface area contributed by atoms with Crippen LogP contribution in [-0.2, 0) is 0 Å². The maximum atomic E-state index is 7.04. The fraction of sp³-hybridized carbons (Fsp3) is 0.400. The van der Waals surface area contributed by atoms with Gasteiger partial charge in [0.15, 0.2) is 0 Å². The van der Waals surface area contributed by atoms with Crippen LogP contribution in [0.2, 0.25) is 0 Å². The zero-order valence-corrected chi connectivity index (χ0v) is 6.06. The minimum absolute atomic E-state index is 0.334. The first-order valence-corrected chi connectivity index (χ1v) is 3.74. The number of hydrogen-bond donors (Lipinski definition) is 1. The van der Waals surface area contributed by atoms with Crippen LogP contribution in [-0.4, -0.2) is 17.3 Å². The van der Waals surface area contributed by atoms with Crippen LogP contribution in [0.1, 0.15) is 0 Å². The summed E-state index contributed by atoms with van der Waals surface area (Å²) in [6, 6.07) is 0. The Hall–Kier alpha value is 0.0500. The van der Waals surface area contributed by atoms with Crippen LogP contribution in [0.5, 0.6) is 0 Å². The molecule has 0 aliphatic heterocycles. The Morgan fingerprint density at radius 2 is 2.50 bits per heavy atom. The number of hydrogen-bond acceptors (Lipinski definition) is 2. The Labute approximate surface area is 58.6 Å². The average molecular weight is 150 g/mol. The second kappa shape index (κ2) is 5.19. The van der Waals surface area contributed by atoms with Crippen LogP contribution in [0.25, 0.3) is 0 Å². The van der Waals surface area contributed by atoms with Crippen molar-refractivity contribution in [2.45, 2.75) is 0 Å². The molecular weight excluding hydrogens is 142 g/mol. The Kier molecular flexibility index (Phi) is 5.22. The van der Waals surface area contributed by atoms with Crippen molar-refractivity contribution in [2.24, 2.45) is 0 Å². The van der Waals surface area contributed by atoms with E-state index < -0.39 is 0 Å². The van der Waals surface area contributed by atoms with Gasteiger partial charge < -0.3 is 5.41 Å². The highest BCUT2D eigenvalue weighted by molar-refractivity contribution is 8.02. The molecule has 0 aliphatic carbocycles. The second-order valence-electron chi connectivity index (χ2n) is 1.21. The summed E-state index contributed by atoms with van der Waals surface area (Å²) in [6.45, 7) is 3.49. The van der Waals surface area contributed by atoms with Crippen molar-refractivity contribution in [1.82, 2.24) is 0 Å². The van der Waals surface area contributed by atoms with Gasteiger partial charge in [-0.15, -0.1) is 23.4 Å². The molecule has 0 aliphatic rings. The topological polar surface area (TPSA) is 23.9 Å². The van der Waals surface area contributed by atoms with E-state index in [0.717, 1.165) is 0 Å². The zero-order chi connectivity index (χ0) is 6.41. The molecule has 0 rings (SSSR count). The number of nitrogens with one attached hydrogen (secondary N) is 1. The summed E-state index contributed by atoms with van der Waals surface area (Å²) in [7, 11) is 0. The SMILES string of the molecule is C=CSCC(=N)CCl. The van der Waals surface area contributed by atoms with Gasteiger partial charge in [-0.05, 0) is 5.41 Å². The molecule has 0 atom stereocenters. The van der Waals surface area contributed by atoms with Crippen LogP contribution >= 0.6 is 23.4 Å². The van der Waals surface area contributed by atoms with Crippen molar-refractivity contribution in [1.29, 1.82) is 5.41 Å². The highest BCUT2D eigenvalue weighted by Gasteiger charge is 1.89. The van der Waals surface area contributed by atoms with Crippen molar-refractivity contribution >= 4 is 29.1 Å². The molecular formula is C5H8ClNS. The smallest absolute Gasteiger partial charge is 0.0609 e. The lowest BCUT2D eigenvalue weighted by molar-refractivity contribution is 1.46. The van der Waals surface area contributed by atoms with Gasteiger partial charge in [-0.1, -0.05) is 6.58 Å². The van der Waals surface area contributed by atoms with Crippen molar-refractivity contribution < 1.29 is 0 Å². The number of alkyl halides is 1. The normalized spacial score (nSPS) is 8.62. The van der Waals surface area contributed by atoms with Gasteiger partial charge in [0.25, 0.3) is 0 Å². The summed E-state index contributed by atoms with van der Waals surface area (Å²) < 4.78 is 0. The highest BCUT2D eigenvalue weighted by Crippen LogP contribution is 1.99. The number of rotatable bonds is 4. The van der Waals surface area contributed by atoms with E-state index in [2.05, 4.69) is 6.58 Å². The molecule has 0 aromatic heterocycles. The molecule has 0 amide bonds. The zero-order valence-electron chi connectivity index (χ0n) is 4.48. The molecule has 0 aromatic rings. The molecule has 0 unspecified atom stereocenters. The molecule has 1 N–H and O–H groups in total. The van der Waals surface area contributed by atoms with E-state index in [1.54, 1.807) is 5.41 Å². The van der Waals surface area contributed by atoms with Crippen molar-refractivity contribution in [2.75, 3.05) is 11.6 Å². The largest absolute Gasteiger partial charge is 0.308 e. The Bertz CT molecular complexity index is 92.4. The molecule has 1 nitrogen and oxygen atoms in total. The fourth-order valence-electron chi connectivity index (χ4n) is 0.198. The lowest BCUT2D eigenvalue weighted by atomic mass is 10.5. The molecule has 0 spiro atoms.